The van der Waals surface area contributed by atoms with Gasteiger partial charge in [0, 0.05) is 38.4 Å². The van der Waals surface area contributed by atoms with Gasteiger partial charge >= 0.3 is 6.18 Å². The van der Waals surface area contributed by atoms with E-state index in [0.29, 0.717) is 6.54 Å². The first-order valence-corrected chi connectivity index (χ1v) is 10.4. The van der Waals surface area contributed by atoms with E-state index in [1.165, 1.54) is 23.4 Å². The van der Waals surface area contributed by atoms with Crippen molar-refractivity contribution in [3.8, 4) is 5.75 Å². The van der Waals surface area contributed by atoms with Gasteiger partial charge in [-0.3, -0.25) is 9.69 Å². The second kappa shape index (κ2) is 10.5. The number of alkyl halides is 3. The lowest BCUT2D eigenvalue weighted by molar-refractivity contribution is -0.137. The normalized spacial score (nSPS) is 15.0. The van der Waals surface area contributed by atoms with Crippen LogP contribution in [0.1, 0.15) is 17.5 Å². The highest BCUT2D eigenvalue weighted by atomic mass is 19.4. The molecule has 0 unspecified atom stereocenters. The molecule has 0 aromatic heterocycles. The zero-order chi connectivity index (χ0) is 22.3. The molecule has 0 spiro atoms. The fraction of sp³-hybridized carbons (Fsp3) is 0.435. The molecule has 1 aliphatic heterocycles. The number of hydrogen-bond acceptors (Lipinski definition) is 4. The molecule has 0 aliphatic carbocycles. The Morgan fingerprint density at radius 1 is 1.06 bits per heavy atom. The number of carbonyl (C=O) groups excluding carboxylic acids is 1. The van der Waals surface area contributed by atoms with Crippen LogP contribution in [0, 0.1) is 6.92 Å². The minimum absolute atomic E-state index is 0.0245. The van der Waals surface area contributed by atoms with Crippen molar-refractivity contribution in [1.29, 1.82) is 0 Å². The van der Waals surface area contributed by atoms with Crippen LogP contribution >= 0.6 is 0 Å². The number of aryl methyl sites for hydroxylation is 1. The van der Waals surface area contributed by atoms with Crippen molar-refractivity contribution < 1.29 is 22.7 Å². The Morgan fingerprint density at radius 2 is 1.81 bits per heavy atom. The Kier molecular flexibility index (Phi) is 7.79. The summed E-state index contributed by atoms with van der Waals surface area (Å²) in [5.41, 5.74) is 1.72. The molecule has 0 radical (unpaired) electrons. The zero-order valence-corrected chi connectivity index (χ0v) is 17.6. The third-order valence-corrected chi connectivity index (χ3v) is 5.24. The first-order valence-electron chi connectivity index (χ1n) is 10.4. The number of nitrogens with zero attached hydrogens (tertiary/aromatic N) is 2. The van der Waals surface area contributed by atoms with Crippen LogP contribution in [-0.2, 0) is 11.0 Å². The SMILES string of the molecule is Cc1cccc(N2CCN(CCCNC(=O)COc3cccc(C(F)(F)F)c3)CC2)c1. The van der Waals surface area contributed by atoms with E-state index in [9.17, 15) is 18.0 Å². The smallest absolute Gasteiger partial charge is 0.416 e. The van der Waals surface area contributed by atoms with E-state index in [4.69, 9.17) is 4.74 Å². The van der Waals surface area contributed by atoms with Crippen molar-refractivity contribution in [3.63, 3.8) is 0 Å². The van der Waals surface area contributed by atoms with E-state index < -0.39 is 11.7 Å². The van der Waals surface area contributed by atoms with E-state index in [2.05, 4.69) is 46.3 Å². The molecule has 1 heterocycles. The van der Waals surface area contributed by atoms with Gasteiger partial charge in [-0.05, 0) is 55.8 Å². The van der Waals surface area contributed by atoms with E-state index in [0.717, 1.165) is 51.3 Å². The molecule has 0 atom stereocenters. The summed E-state index contributed by atoms with van der Waals surface area (Å²) < 4.78 is 43.3. The molecule has 31 heavy (non-hydrogen) atoms. The van der Waals surface area contributed by atoms with Crippen molar-refractivity contribution in [2.45, 2.75) is 19.5 Å². The van der Waals surface area contributed by atoms with Gasteiger partial charge in [-0.1, -0.05) is 18.2 Å². The molecular formula is C23H28F3N3O2. The van der Waals surface area contributed by atoms with Gasteiger partial charge < -0.3 is 15.0 Å². The third kappa shape index (κ3) is 7.17. The molecule has 1 amide bonds. The van der Waals surface area contributed by atoms with Gasteiger partial charge in [-0.2, -0.15) is 13.2 Å². The Bertz CT molecular complexity index is 865. The molecule has 1 N–H and O–H groups in total. The van der Waals surface area contributed by atoms with Crippen molar-refractivity contribution in [2.24, 2.45) is 0 Å². The number of piperazine rings is 1. The predicted octanol–water partition coefficient (Wildman–Crippen LogP) is 3.72. The van der Waals surface area contributed by atoms with Crippen molar-refractivity contribution >= 4 is 11.6 Å². The lowest BCUT2D eigenvalue weighted by Crippen LogP contribution is -2.47. The first-order chi connectivity index (χ1) is 14.8. The standard InChI is InChI=1S/C23H28F3N3O2/c1-18-5-2-7-20(15-18)29-13-11-28(12-14-29)10-4-9-27-22(30)17-31-21-8-3-6-19(16-21)23(24,25)26/h2-3,5-8,15-16H,4,9-14,17H2,1H3,(H,27,30). The Balaban J connectivity index is 1.30. The summed E-state index contributed by atoms with van der Waals surface area (Å²) in [6.45, 7) is 7.07. The molecule has 2 aromatic rings. The van der Waals surface area contributed by atoms with Crippen LogP contribution in [0.3, 0.4) is 0 Å². The van der Waals surface area contributed by atoms with Gasteiger partial charge in [0.2, 0.25) is 0 Å². The van der Waals surface area contributed by atoms with Gasteiger partial charge in [-0.25, -0.2) is 0 Å². The van der Waals surface area contributed by atoms with E-state index in [-0.39, 0.29) is 18.3 Å². The van der Waals surface area contributed by atoms with Gasteiger partial charge in [0.05, 0.1) is 5.56 Å². The largest absolute Gasteiger partial charge is 0.484 e. The van der Waals surface area contributed by atoms with Crippen LogP contribution in [0.4, 0.5) is 18.9 Å². The maximum atomic E-state index is 12.7. The molecule has 1 fully saturated rings. The average molecular weight is 435 g/mol. The summed E-state index contributed by atoms with van der Waals surface area (Å²) in [6, 6.07) is 13.0. The second-order valence-electron chi connectivity index (χ2n) is 7.69. The highest BCUT2D eigenvalue weighted by Crippen LogP contribution is 2.31. The minimum atomic E-state index is -4.44. The number of anilines is 1. The van der Waals surface area contributed by atoms with Gasteiger partial charge in [0.1, 0.15) is 5.75 Å². The van der Waals surface area contributed by atoms with E-state index in [1.54, 1.807) is 0 Å². The quantitative estimate of drug-likeness (QED) is 0.642. The van der Waals surface area contributed by atoms with E-state index in [1.807, 2.05) is 0 Å². The molecule has 1 saturated heterocycles. The number of ether oxygens (including phenoxy) is 1. The number of rotatable bonds is 8. The van der Waals surface area contributed by atoms with Gasteiger partial charge in [0.15, 0.2) is 6.61 Å². The lowest BCUT2D eigenvalue weighted by Gasteiger charge is -2.36. The maximum Gasteiger partial charge on any atom is 0.416 e. The Labute approximate surface area is 180 Å². The predicted molar refractivity (Wildman–Crippen MR) is 114 cm³/mol. The van der Waals surface area contributed by atoms with Crippen molar-refractivity contribution in [3.05, 3.63) is 59.7 Å². The number of amides is 1. The van der Waals surface area contributed by atoms with Crippen LogP contribution in [0.15, 0.2) is 48.5 Å². The maximum absolute atomic E-state index is 12.7. The van der Waals surface area contributed by atoms with Gasteiger partial charge in [0.25, 0.3) is 5.91 Å². The molecule has 0 bridgehead atoms. The average Bonchev–Trinajstić information content (AvgIpc) is 2.75. The monoisotopic (exact) mass is 435 g/mol. The number of halogens is 3. The number of benzene rings is 2. The van der Waals surface area contributed by atoms with E-state index >= 15 is 0 Å². The molecule has 8 heteroatoms. The topological polar surface area (TPSA) is 44.8 Å². The molecule has 3 rings (SSSR count). The Morgan fingerprint density at radius 3 is 2.52 bits per heavy atom. The van der Waals surface area contributed by atoms with Crippen molar-refractivity contribution in [2.75, 3.05) is 50.8 Å². The van der Waals surface area contributed by atoms with Crippen LogP contribution < -0.4 is 15.0 Å². The first kappa shape index (κ1) is 22.9. The zero-order valence-electron chi connectivity index (χ0n) is 17.6. The summed E-state index contributed by atoms with van der Waals surface area (Å²) in [5, 5.41) is 2.75. The molecule has 168 valence electrons. The fourth-order valence-corrected chi connectivity index (χ4v) is 3.55. The highest BCUT2D eigenvalue weighted by molar-refractivity contribution is 5.77. The van der Waals surface area contributed by atoms with Crippen LogP contribution in [0.2, 0.25) is 0 Å². The highest BCUT2D eigenvalue weighted by Gasteiger charge is 2.30. The summed E-state index contributed by atoms with van der Waals surface area (Å²) in [5.74, 6) is -0.321. The summed E-state index contributed by atoms with van der Waals surface area (Å²) in [4.78, 5) is 16.7. The third-order valence-electron chi connectivity index (χ3n) is 5.24. The molecule has 2 aromatic carbocycles. The second-order valence-corrected chi connectivity index (χ2v) is 7.69. The van der Waals surface area contributed by atoms with Crippen LogP contribution in [0.25, 0.3) is 0 Å². The molecule has 5 nitrogen and oxygen atoms in total. The molecule has 0 saturated carbocycles. The van der Waals surface area contributed by atoms with Crippen LogP contribution in [0.5, 0.6) is 5.75 Å². The summed E-state index contributed by atoms with van der Waals surface area (Å²) >= 11 is 0. The number of nitrogens with one attached hydrogen (secondary N) is 1. The fourth-order valence-electron chi connectivity index (χ4n) is 3.55. The van der Waals surface area contributed by atoms with Crippen molar-refractivity contribution in [1.82, 2.24) is 10.2 Å². The van der Waals surface area contributed by atoms with Crippen LogP contribution in [-0.4, -0.2) is 56.7 Å². The molecule has 1 aliphatic rings. The summed E-state index contributed by atoms with van der Waals surface area (Å²) in [6.07, 6.45) is -3.63. The minimum Gasteiger partial charge on any atom is -0.484 e. The summed E-state index contributed by atoms with van der Waals surface area (Å²) in [7, 11) is 0. The molecular weight excluding hydrogens is 407 g/mol. The number of carbonyl (C=O) groups is 1. The number of hydrogen-bond donors (Lipinski definition) is 1. The Hall–Kier alpha value is -2.74. The lowest BCUT2D eigenvalue weighted by atomic mass is 10.2. The van der Waals surface area contributed by atoms with Gasteiger partial charge in [-0.15, -0.1) is 0 Å².